The highest BCUT2D eigenvalue weighted by Crippen LogP contribution is 2.45. The van der Waals surface area contributed by atoms with Crippen molar-refractivity contribution >= 4 is 5.97 Å². The predicted octanol–water partition coefficient (Wildman–Crippen LogP) is 3.30. The monoisotopic (exact) mass is 230 g/mol. The quantitative estimate of drug-likeness (QED) is 0.575. The van der Waals surface area contributed by atoms with Gasteiger partial charge in [0.2, 0.25) is 0 Å². The highest BCUT2D eigenvalue weighted by Gasteiger charge is 2.43. The zero-order valence-electron chi connectivity index (χ0n) is 10.3. The van der Waals surface area contributed by atoms with Crippen LogP contribution in [0.2, 0.25) is 0 Å². The van der Waals surface area contributed by atoms with E-state index in [4.69, 9.17) is 4.74 Å². The summed E-state index contributed by atoms with van der Waals surface area (Å²) in [7, 11) is 1.47. The first-order chi connectivity index (χ1) is 8.18. The van der Waals surface area contributed by atoms with E-state index in [2.05, 4.69) is 24.3 Å². The molecule has 0 radical (unpaired) electrons. The van der Waals surface area contributed by atoms with Crippen LogP contribution in [0, 0.1) is 5.41 Å². The summed E-state index contributed by atoms with van der Waals surface area (Å²) in [6, 6.07) is 10.2. The summed E-state index contributed by atoms with van der Waals surface area (Å²) in [5.74, 6) is 0.0943. The summed E-state index contributed by atoms with van der Waals surface area (Å²) in [4.78, 5) is 12.0. The molecule has 17 heavy (non-hydrogen) atoms. The molecule has 2 heteroatoms. The van der Waals surface area contributed by atoms with Crippen molar-refractivity contribution < 1.29 is 9.53 Å². The molecule has 0 N–H and O–H groups in total. The molecule has 0 aliphatic heterocycles. The van der Waals surface area contributed by atoms with Crippen LogP contribution in [0.5, 0.6) is 0 Å². The van der Waals surface area contributed by atoms with Gasteiger partial charge in [-0.25, -0.2) is 0 Å². The van der Waals surface area contributed by atoms with Gasteiger partial charge in [-0.05, 0) is 25.3 Å². The molecule has 0 saturated heterocycles. The molecule has 1 aromatic rings. The van der Waals surface area contributed by atoms with E-state index in [1.807, 2.05) is 25.1 Å². The Labute approximate surface area is 102 Å². The first-order valence-corrected chi connectivity index (χ1v) is 5.97. The molecule has 1 aliphatic rings. The van der Waals surface area contributed by atoms with Gasteiger partial charge in [-0.1, -0.05) is 42.5 Å². The number of benzene rings is 1. The van der Waals surface area contributed by atoms with Gasteiger partial charge in [-0.3, -0.25) is 4.79 Å². The van der Waals surface area contributed by atoms with E-state index in [0.717, 1.165) is 12.8 Å². The van der Waals surface area contributed by atoms with Crippen molar-refractivity contribution in [2.75, 3.05) is 7.11 Å². The van der Waals surface area contributed by atoms with E-state index in [1.165, 1.54) is 12.7 Å². The second-order valence-electron chi connectivity index (χ2n) is 4.78. The lowest BCUT2D eigenvalue weighted by atomic mass is 9.67. The molecule has 0 fully saturated rings. The van der Waals surface area contributed by atoms with Crippen LogP contribution in [0.3, 0.4) is 0 Å². The van der Waals surface area contributed by atoms with Crippen molar-refractivity contribution in [1.82, 2.24) is 0 Å². The molecule has 0 unspecified atom stereocenters. The summed E-state index contributed by atoms with van der Waals surface area (Å²) in [5.41, 5.74) is 0.773. The van der Waals surface area contributed by atoms with Gasteiger partial charge in [-0.15, -0.1) is 0 Å². The fourth-order valence-corrected chi connectivity index (χ4v) is 2.61. The Hall–Kier alpha value is -1.57. The summed E-state index contributed by atoms with van der Waals surface area (Å²) in [5, 5.41) is 0. The third-order valence-electron chi connectivity index (χ3n) is 3.70. The third kappa shape index (κ3) is 2.12. The van der Waals surface area contributed by atoms with E-state index in [-0.39, 0.29) is 11.9 Å². The van der Waals surface area contributed by atoms with Crippen LogP contribution in [-0.2, 0) is 9.53 Å². The number of carbonyl (C=O) groups is 1. The molecule has 0 aromatic heterocycles. The summed E-state index contributed by atoms with van der Waals surface area (Å²) < 4.78 is 4.97. The molecule has 2 atom stereocenters. The molecule has 2 rings (SSSR count). The minimum Gasteiger partial charge on any atom is -0.469 e. The van der Waals surface area contributed by atoms with E-state index in [1.54, 1.807) is 0 Å². The normalized spacial score (nSPS) is 27.8. The summed E-state index contributed by atoms with van der Waals surface area (Å²) in [6.07, 6.45) is 5.88. The Morgan fingerprint density at radius 2 is 2.00 bits per heavy atom. The van der Waals surface area contributed by atoms with Gasteiger partial charge in [0.15, 0.2) is 0 Å². The van der Waals surface area contributed by atoms with Gasteiger partial charge in [0.25, 0.3) is 0 Å². The zero-order valence-corrected chi connectivity index (χ0v) is 10.3. The van der Waals surface area contributed by atoms with Crippen LogP contribution in [0.15, 0.2) is 42.5 Å². The van der Waals surface area contributed by atoms with Gasteiger partial charge in [0.05, 0.1) is 12.5 Å². The van der Waals surface area contributed by atoms with Gasteiger partial charge in [0, 0.05) is 5.92 Å². The van der Waals surface area contributed by atoms with Crippen LogP contribution in [0.25, 0.3) is 0 Å². The molecule has 90 valence electrons. The van der Waals surface area contributed by atoms with Crippen molar-refractivity contribution in [3.63, 3.8) is 0 Å². The number of esters is 1. The largest absolute Gasteiger partial charge is 0.469 e. The standard InChI is InChI=1S/C15H18O2/c1-15(14(16)17-2)11-7-6-10-13(15)12-8-4-3-5-9-12/h3-9,13H,10-11H2,1-2H3/t13-,15+/m1/s1. The number of methoxy groups -OCH3 is 1. The smallest absolute Gasteiger partial charge is 0.312 e. The first kappa shape index (κ1) is 11.9. The Morgan fingerprint density at radius 3 is 2.65 bits per heavy atom. The molecule has 0 amide bonds. The average molecular weight is 230 g/mol. The zero-order chi connectivity index (χ0) is 12.3. The molecule has 0 spiro atoms. The minimum atomic E-state index is -0.440. The first-order valence-electron chi connectivity index (χ1n) is 5.97. The van der Waals surface area contributed by atoms with Gasteiger partial charge in [-0.2, -0.15) is 0 Å². The van der Waals surface area contributed by atoms with Crippen LogP contribution in [0.4, 0.5) is 0 Å². The average Bonchev–Trinajstić information content (AvgIpc) is 2.39. The lowest BCUT2D eigenvalue weighted by molar-refractivity contribution is -0.153. The molecular weight excluding hydrogens is 212 g/mol. The van der Waals surface area contributed by atoms with Gasteiger partial charge >= 0.3 is 5.97 Å². The molecule has 0 saturated carbocycles. The second-order valence-corrected chi connectivity index (χ2v) is 4.78. The molecule has 2 nitrogen and oxygen atoms in total. The molecular formula is C15H18O2. The SMILES string of the molecule is COC(=O)[C@@]1(C)CC=CC[C@@H]1c1ccccc1. The van der Waals surface area contributed by atoms with Crippen molar-refractivity contribution in [1.29, 1.82) is 0 Å². The Morgan fingerprint density at radius 1 is 1.29 bits per heavy atom. The maximum atomic E-state index is 12.0. The lowest BCUT2D eigenvalue weighted by Crippen LogP contribution is -2.36. The highest BCUT2D eigenvalue weighted by atomic mass is 16.5. The van der Waals surface area contributed by atoms with Crippen LogP contribution >= 0.6 is 0 Å². The van der Waals surface area contributed by atoms with Crippen molar-refractivity contribution in [3.05, 3.63) is 48.0 Å². The number of carbonyl (C=O) groups excluding carboxylic acids is 1. The Kier molecular flexibility index (Phi) is 3.32. The van der Waals surface area contributed by atoms with E-state index in [0.29, 0.717) is 0 Å². The van der Waals surface area contributed by atoms with E-state index < -0.39 is 5.41 Å². The number of allylic oxidation sites excluding steroid dienone is 2. The third-order valence-corrected chi connectivity index (χ3v) is 3.70. The second kappa shape index (κ2) is 4.74. The summed E-state index contributed by atoms with van der Waals surface area (Å²) in [6.45, 7) is 2.00. The predicted molar refractivity (Wildman–Crippen MR) is 67.7 cm³/mol. The summed E-state index contributed by atoms with van der Waals surface area (Å²) >= 11 is 0. The molecule has 0 heterocycles. The number of hydrogen-bond donors (Lipinski definition) is 0. The van der Waals surface area contributed by atoms with Crippen LogP contribution < -0.4 is 0 Å². The van der Waals surface area contributed by atoms with Gasteiger partial charge in [0.1, 0.15) is 0 Å². The lowest BCUT2D eigenvalue weighted by Gasteiger charge is -2.36. The topological polar surface area (TPSA) is 26.3 Å². The fraction of sp³-hybridized carbons (Fsp3) is 0.400. The number of rotatable bonds is 2. The van der Waals surface area contributed by atoms with E-state index in [9.17, 15) is 4.79 Å². The van der Waals surface area contributed by atoms with Gasteiger partial charge < -0.3 is 4.74 Å². The number of ether oxygens (including phenoxy) is 1. The maximum absolute atomic E-state index is 12.0. The Balaban J connectivity index is 2.37. The Bertz CT molecular complexity index is 422. The highest BCUT2D eigenvalue weighted by molar-refractivity contribution is 5.78. The van der Waals surface area contributed by atoms with Crippen molar-refractivity contribution in [2.45, 2.75) is 25.7 Å². The van der Waals surface area contributed by atoms with Crippen molar-refractivity contribution in [2.24, 2.45) is 5.41 Å². The van der Waals surface area contributed by atoms with Crippen LogP contribution in [-0.4, -0.2) is 13.1 Å². The van der Waals surface area contributed by atoms with E-state index >= 15 is 0 Å². The maximum Gasteiger partial charge on any atom is 0.312 e. The molecule has 1 aliphatic carbocycles. The fourth-order valence-electron chi connectivity index (χ4n) is 2.61. The molecule has 1 aromatic carbocycles. The molecule has 0 bridgehead atoms. The van der Waals surface area contributed by atoms with Crippen molar-refractivity contribution in [3.8, 4) is 0 Å². The van der Waals surface area contributed by atoms with Crippen LogP contribution in [0.1, 0.15) is 31.2 Å². The minimum absolute atomic E-state index is 0.115. The number of hydrogen-bond acceptors (Lipinski definition) is 2.